The van der Waals surface area contributed by atoms with Gasteiger partial charge >= 0.3 is 18.1 Å². The summed E-state index contributed by atoms with van der Waals surface area (Å²) < 4.78 is 47.9. The molecule has 1 atom stereocenters. The first-order chi connectivity index (χ1) is 15.5. The molecule has 0 fully saturated rings. The number of benzene rings is 2. The molecule has 2 rings (SSSR count). The minimum Gasteiger partial charge on any atom is -0.491 e. The SMILES string of the molecule is CCC(=O)C(Oc1ccccc1)(C(=O)O)c1ccc(OCCOC)cc1.O=C(O)C(F)(F)F. The molecular weight excluding hydrogens is 449 g/mol. The highest BCUT2D eigenvalue weighted by Crippen LogP contribution is 2.32. The Morgan fingerprint density at radius 1 is 0.848 bits per heavy atom. The van der Waals surface area contributed by atoms with Crippen LogP contribution in [0.15, 0.2) is 54.6 Å². The second-order valence-electron chi connectivity index (χ2n) is 6.35. The number of aliphatic carboxylic acids is 2. The largest absolute Gasteiger partial charge is 0.491 e. The number of halogens is 3. The van der Waals surface area contributed by atoms with Crippen molar-refractivity contribution in [2.24, 2.45) is 0 Å². The Hall–Kier alpha value is -3.60. The van der Waals surface area contributed by atoms with E-state index in [4.69, 9.17) is 24.1 Å². The summed E-state index contributed by atoms with van der Waals surface area (Å²) in [6, 6.07) is 14.7. The monoisotopic (exact) mass is 472 g/mol. The predicted octanol–water partition coefficient (Wildman–Crippen LogP) is 3.68. The molecule has 2 aromatic rings. The van der Waals surface area contributed by atoms with E-state index in [1.54, 1.807) is 56.5 Å². The summed E-state index contributed by atoms with van der Waals surface area (Å²) in [6.07, 6.45) is -5.06. The van der Waals surface area contributed by atoms with Gasteiger partial charge in [0.2, 0.25) is 0 Å². The molecule has 33 heavy (non-hydrogen) atoms. The van der Waals surface area contributed by atoms with Crippen molar-refractivity contribution < 1.29 is 52.0 Å². The van der Waals surface area contributed by atoms with Crippen LogP contribution in [0, 0.1) is 0 Å². The average molecular weight is 472 g/mol. The summed E-state index contributed by atoms with van der Waals surface area (Å²) >= 11 is 0. The molecule has 0 aliphatic carbocycles. The van der Waals surface area contributed by atoms with Gasteiger partial charge in [-0.3, -0.25) is 4.79 Å². The first-order valence-electron chi connectivity index (χ1n) is 9.52. The van der Waals surface area contributed by atoms with Crippen molar-refractivity contribution in [3.05, 3.63) is 60.2 Å². The lowest BCUT2D eigenvalue weighted by Gasteiger charge is -2.29. The van der Waals surface area contributed by atoms with E-state index in [0.29, 0.717) is 24.7 Å². The van der Waals surface area contributed by atoms with Gasteiger partial charge in [-0.1, -0.05) is 37.3 Å². The van der Waals surface area contributed by atoms with Crippen LogP contribution in [0.2, 0.25) is 0 Å². The summed E-state index contributed by atoms with van der Waals surface area (Å²) in [5.74, 6) is -3.80. The number of para-hydroxylation sites is 1. The fourth-order valence-electron chi connectivity index (χ4n) is 2.51. The van der Waals surface area contributed by atoms with Crippen molar-refractivity contribution in [1.82, 2.24) is 0 Å². The Labute approximate surface area is 187 Å². The van der Waals surface area contributed by atoms with E-state index in [0.717, 1.165) is 0 Å². The van der Waals surface area contributed by atoms with Crippen LogP contribution in [0.25, 0.3) is 0 Å². The number of methoxy groups -OCH3 is 1. The summed E-state index contributed by atoms with van der Waals surface area (Å²) in [5.41, 5.74) is -1.87. The number of hydrogen-bond acceptors (Lipinski definition) is 6. The highest BCUT2D eigenvalue weighted by atomic mass is 19.4. The number of carboxylic acids is 2. The second-order valence-corrected chi connectivity index (χ2v) is 6.35. The Morgan fingerprint density at radius 2 is 1.39 bits per heavy atom. The number of carbonyl (C=O) groups excluding carboxylic acids is 1. The van der Waals surface area contributed by atoms with Crippen LogP contribution >= 0.6 is 0 Å². The molecule has 11 heteroatoms. The van der Waals surface area contributed by atoms with Crippen LogP contribution in [0.5, 0.6) is 11.5 Å². The highest BCUT2D eigenvalue weighted by molar-refractivity contribution is 6.07. The van der Waals surface area contributed by atoms with Crippen molar-refractivity contribution in [2.75, 3.05) is 20.3 Å². The molecule has 0 amide bonds. The fraction of sp³-hybridized carbons (Fsp3) is 0.318. The number of alkyl halides is 3. The Kier molecular flexibility index (Phi) is 10.3. The first-order valence-corrected chi connectivity index (χ1v) is 9.52. The molecule has 0 saturated carbocycles. The lowest BCUT2D eigenvalue weighted by atomic mass is 9.87. The number of hydrogen-bond donors (Lipinski definition) is 2. The molecular formula is C22H23F3O8. The maximum atomic E-state index is 12.6. The van der Waals surface area contributed by atoms with Gasteiger partial charge in [0.05, 0.1) is 6.61 Å². The maximum Gasteiger partial charge on any atom is 0.490 e. The summed E-state index contributed by atoms with van der Waals surface area (Å²) in [5, 5.41) is 17.0. The highest BCUT2D eigenvalue weighted by Gasteiger charge is 2.49. The third-order valence-electron chi connectivity index (χ3n) is 4.09. The van der Waals surface area contributed by atoms with Gasteiger partial charge in [0.25, 0.3) is 5.60 Å². The van der Waals surface area contributed by atoms with Crippen molar-refractivity contribution in [1.29, 1.82) is 0 Å². The predicted molar refractivity (Wildman–Crippen MR) is 109 cm³/mol. The zero-order valence-electron chi connectivity index (χ0n) is 17.8. The van der Waals surface area contributed by atoms with Crippen molar-refractivity contribution in [2.45, 2.75) is 25.1 Å². The number of ketones is 1. The van der Waals surface area contributed by atoms with E-state index in [2.05, 4.69) is 0 Å². The normalized spacial score (nSPS) is 12.5. The van der Waals surface area contributed by atoms with E-state index in [9.17, 15) is 27.9 Å². The van der Waals surface area contributed by atoms with E-state index in [-0.39, 0.29) is 12.0 Å². The van der Waals surface area contributed by atoms with Crippen LogP contribution < -0.4 is 9.47 Å². The minimum atomic E-state index is -5.08. The summed E-state index contributed by atoms with van der Waals surface area (Å²) in [6.45, 7) is 2.41. The standard InChI is InChI=1S/C20H22O6.C2HF3O2/c1-3-18(21)20(19(22)23,26-17-7-5-4-6-8-17)15-9-11-16(12-10-15)25-14-13-24-2;3-2(4,5)1(6)7/h4-12H,3,13-14H2,1-2H3,(H,22,23);(H,6,7). The minimum absolute atomic E-state index is 0.0191. The van der Waals surface area contributed by atoms with Gasteiger partial charge in [-0.05, 0) is 24.3 Å². The van der Waals surface area contributed by atoms with Crippen molar-refractivity contribution in [3.63, 3.8) is 0 Å². The van der Waals surface area contributed by atoms with Crippen LogP contribution in [-0.4, -0.2) is 54.4 Å². The van der Waals surface area contributed by atoms with Gasteiger partial charge < -0.3 is 24.4 Å². The molecule has 0 spiro atoms. The van der Waals surface area contributed by atoms with Crippen LogP contribution in [0.4, 0.5) is 13.2 Å². The molecule has 180 valence electrons. The maximum absolute atomic E-state index is 12.6. The smallest absolute Gasteiger partial charge is 0.490 e. The van der Waals surface area contributed by atoms with Crippen molar-refractivity contribution >= 4 is 17.7 Å². The Balaban J connectivity index is 0.000000675. The molecule has 2 aromatic carbocycles. The van der Waals surface area contributed by atoms with Gasteiger partial charge in [0.15, 0.2) is 5.78 Å². The average Bonchev–Trinajstić information content (AvgIpc) is 2.78. The molecule has 0 heterocycles. The number of ether oxygens (including phenoxy) is 3. The van der Waals surface area contributed by atoms with Gasteiger partial charge in [-0.15, -0.1) is 0 Å². The molecule has 0 aromatic heterocycles. The molecule has 0 saturated heterocycles. The topological polar surface area (TPSA) is 119 Å². The number of Topliss-reactive ketones (excluding diaryl/α,β-unsaturated/α-hetero) is 1. The molecule has 8 nitrogen and oxygen atoms in total. The van der Waals surface area contributed by atoms with E-state index in [1.807, 2.05) is 0 Å². The zero-order valence-corrected chi connectivity index (χ0v) is 17.8. The lowest BCUT2D eigenvalue weighted by molar-refractivity contribution is -0.192. The van der Waals surface area contributed by atoms with E-state index < -0.39 is 29.5 Å². The van der Waals surface area contributed by atoms with Gasteiger partial charge in [0, 0.05) is 19.1 Å². The lowest BCUT2D eigenvalue weighted by Crippen LogP contribution is -2.48. The molecule has 0 aliphatic rings. The third kappa shape index (κ3) is 7.79. The van der Waals surface area contributed by atoms with Gasteiger partial charge in [0.1, 0.15) is 18.1 Å². The number of carboxylic acid groups (broad SMARTS) is 2. The Bertz CT molecular complexity index is 913. The van der Waals surface area contributed by atoms with Crippen molar-refractivity contribution in [3.8, 4) is 11.5 Å². The Morgan fingerprint density at radius 3 is 1.82 bits per heavy atom. The van der Waals surface area contributed by atoms with Gasteiger partial charge in [-0.25, -0.2) is 9.59 Å². The number of rotatable bonds is 10. The van der Waals surface area contributed by atoms with E-state index >= 15 is 0 Å². The van der Waals surface area contributed by atoms with Gasteiger partial charge in [-0.2, -0.15) is 13.2 Å². The fourth-order valence-corrected chi connectivity index (χ4v) is 2.51. The quantitative estimate of drug-likeness (QED) is 0.397. The van der Waals surface area contributed by atoms with Crippen LogP contribution in [0.3, 0.4) is 0 Å². The molecule has 1 unspecified atom stereocenters. The molecule has 2 N–H and O–H groups in total. The molecule has 0 bridgehead atoms. The van der Waals surface area contributed by atoms with E-state index in [1.165, 1.54) is 12.1 Å². The van der Waals surface area contributed by atoms with Crippen LogP contribution in [0.1, 0.15) is 18.9 Å². The second kappa shape index (κ2) is 12.4. The third-order valence-corrected chi connectivity index (χ3v) is 4.09. The number of carbonyl (C=O) groups is 3. The first kappa shape index (κ1) is 27.4. The molecule has 0 radical (unpaired) electrons. The summed E-state index contributed by atoms with van der Waals surface area (Å²) in [4.78, 5) is 33.6. The summed E-state index contributed by atoms with van der Waals surface area (Å²) in [7, 11) is 1.57. The van der Waals surface area contributed by atoms with Crippen LogP contribution in [-0.2, 0) is 24.7 Å². The molecule has 0 aliphatic heterocycles. The zero-order chi connectivity index (χ0) is 25.1.